The van der Waals surface area contributed by atoms with Crippen LogP contribution in [0.25, 0.3) is 0 Å². The molecule has 1 aliphatic rings. The minimum absolute atomic E-state index is 0.0938. The van der Waals surface area contributed by atoms with E-state index in [4.69, 9.17) is 56.8 Å². The number of nitrogens with zero attached hydrogens (tertiary/aromatic N) is 1. The molecule has 1 aliphatic heterocycles. The highest BCUT2D eigenvalue weighted by Gasteiger charge is 2.28. The number of imide groups is 1. The summed E-state index contributed by atoms with van der Waals surface area (Å²) in [5.74, 6) is -0.258. The van der Waals surface area contributed by atoms with Gasteiger partial charge in [-0.15, -0.1) is 0 Å². The second-order valence-corrected chi connectivity index (χ2v) is 9.42. The quantitative estimate of drug-likeness (QED) is 0.0470. The summed E-state index contributed by atoms with van der Waals surface area (Å²) in [4.78, 5) is 34.3. The van der Waals surface area contributed by atoms with Gasteiger partial charge in [-0.2, -0.15) is 0 Å². The first-order valence-electron chi connectivity index (χ1n) is 16.0. The summed E-state index contributed by atoms with van der Waals surface area (Å²) in [7, 11) is 0. The lowest BCUT2D eigenvalue weighted by Crippen LogP contribution is -2.32. The monoisotopic (exact) mass is 669 g/mol. The number of hydrogen-bond acceptors (Lipinski definition) is 15. The first-order chi connectivity index (χ1) is 22.8. The van der Waals surface area contributed by atoms with Gasteiger partial charge in [-0.1, -0.05) is 0 Å². The first kappa shape index (κ1) is 42.4. The summed E-state index contributed by atoms with van der Waals surface area (Å²) < 4.78 is 64.5. The first-order valence-corrected chi connectivity index (χ1v) is 16.0. The van der Waals surface area contributed by atoms with Crippen LogP contribution in [0, 0.1) is 0 Å². The maximum Gasteiger partial charge on any atom is 0.229 e. The molecular formula is C30H55NO15. The van der Waals surface area contributed by atoms with Crippen molar-refractivity contribution >= 4 is 18.1 Å². The molecule has 0 saturated carbocycles. The SMILES string of the molecule is O=CCOCCOCCOCCOCCOCCOCCOCCOCCOCCOCCOCCOCCN1C(=O)CCC1=O. The Balaban J connectivity index is 1.62. The minimum atomic E-state index is -0.129. The van der Waals surface area contributed by atoms with Gasteiger partial charge in [0.15, 0.2) is 0 Å². The molecule has 1 fully saturated rings. The summed E-state index contributed by atoms with van der Waals surface area (Å²) in [5.41, 5.74) is 0. The Labute approximate surface area is 272 Å². The third-order valence-corrected chi connectivity index (χ3v) is 5.89. The Morgan fingerprint density at radius 3 is 0.826 bits per heavy atom. The van der Waals surface area contributed by atoms with Gasteiger partial charge in [0.2, 0.25) is 11.8 Å². The molecule has 0 unspecified atom stereocenters. The molecule has 1 heterocycles. The van der Waals surface area contributed by atoms with Crippen LogP contribution in [0.3, 0.4) is 0 Å². The molecule has 1 saturated heterocycles. The number of likely N-dealkylation sites (tertiary alicyclic amines) is 1. The molecule has 0 atom stereocenters. The van der Waals surface area contributed by atoms with Crippen LogP contribution in [0.5, 0.6) is 0 Å². The maximum absolute atomic E-state index is 11.5. The number of ether oxygens (including phenoxy) is 12. The van der Waals surface area contributed by atoms with Gasteiger partial charge in [-0.05, 0) is 0 Å². The number of amides is 2. The number of carbonyl (C=O) groups is 3. The van der Waals surface area contributed by atoms with Crippen molar-refractivity contribution in [3.05, 3.63) is 0 Å². The number of carbonyl (C=O) groups excluding carboxylic acids is 3. The van der Waals surface area contributed by atoms with E-state index in [0.717, 1.165) is 0 Å². The molecule has 2 amide bonds. The number of hydrogen-bond donors (Lipinski definition) is 0. The standard InChI is InChI=1S/C30H55NO15/c32-4-6-36-8-10-38-12-14-40-16-18-42-20-22-44-24-26-46-28-27-45-25-23-43-21-19-41-17-15-39-13-11-37-9-7-35-5-3-31-29(33)1-2-30(31)34/h4H,1-3,5-28H2. The van der Waals surface area contributed by atoms with Crippen LogP contribution in [0.4, 0.5) is 0 Å². The smallest absolute Gasteiger partial charge is 0.229 e. The fourth-order valence-electron chi connectivity index (χ4n) is 3.58. The molecule has 16 heteroatoms. The normalized spacial score (nSPS) is 13.3. The third-order valence-electron chi connectivity index (χ3n) is 5.89. The molecule has 0 aromatic heterocycles. The summed E-state index contributed by atoms with van der Waals surface area (Å²) in [6.45, 7) is 11.0. The molecule has 16 nitrogen and oxygen atoms in total. The van der Waals surface area contributed by atoms with E-state index in [1.54, 1.807) is 0 Å². The van der Waals surface area contributed by atoms with Crippen LogP contribution in [0.2, 0.25) is 0 Å². The average molecular weight is 670 g/mol. The summed E-state index contributed by atoms with van der Waals surface area (Å²) in [6.07, 6.45) is 1.31. The molecule has 0 aromatic carbocycles. The van der Waals surface area contributed by atoms with Gasteiger partial charge in [0.25, 0.3) is 0 Å². The van der Waals surface area contributed by atoms with Crippen molar-refractivity contribution in [1.29, 1.82) is 0 Å². The van der Waals surface area contributed by atoms with E-state index in [2.05, 4.69) is 0 Å². The Morgan fingerprint density at radius 2 is 0.587 bits per heavy atom. The van der Waals surface area contributed by atoms with Crippen LogP contribution < -0.4 is 0 Å². The van der Waals surface area contributed by atoms with Gasteiger partial charge < -0.3 is 61.6 Å². The zero-order valence-corrected chi connectivity index (χ0v) is 27.2. The van der Waals surface area contributed by atoms with Crippen molar-refractivity contribution in [1.82, 2.24) is 4.90 Å². The Morgan fingerprint density at radius 1 is 0.370 bits per heavy atom. The Kier molecular flexibility index (Phi) is 31.9. The van der Waals surface area contributed by atoms with Crippen LogP contribution in [0.15, 0.2) is 0 Å². The van der Waals surface area contributed by atoms with Crippen LogP contribution in [0.1, 0.15) is 12.8 Å². The zero-order valence-electron chi connectivity index (χ0n) is 27.2. The molecule has 270 valence electrons. The Hall–Kier alpha value is -1.67. The van der Waals surface area contributed by atoms with Crippen molar-refractivity contribution in [2.24, 2.45) is 0 Å². The molecule has 0 spiro atoms. The van der Waals surface area contributed by atoms with Crippen molar-refractivity contribution in [2.45, 2.75) is 12.8 Å². The van der Waals surface area contributed by atoms with Gasteiger partial charge in [-0.25, -0.2) is 0 Å². The minimum Gasteiger partial charge on any atom is -0.377 e. The topological polar surface area (TPSA) is 165 Å². The highest BCUT2D eigenvalue weighted by atomic mass is 16.6. The molecule has 0 N–H and O–H groups in total. The highest BCUT2D eigenvalue weighted by molar-refractivity contribution is 6.01. The van der Waals surface area contributed by atoms with E-state index in [9.17, 15) is 14.4 Å². The average Bonchev–Trinajstić information content (AvgIpc) is 3.38. The van der Waals surface area contributed by atoms with E-state index < -0.39 is 0 Å². The second kappa shape index (κ2) is 34.7. The lowest BCUT2D eigenvalue weighted by molar-refractivity contribution is -0.139. The van der Waals surface area contributed by atoms with E-state index in [1.165, 1.54) is 4.90 Å². The molecule has 0 aromatic rings. The number of rotatable bonds is 38. The van der Waals surface area contributed by atoms with Gasteiger partial charge >= 0.3 is 0 Å². The van der Waals surface area contributed by atoms with E-state index >= 15 is 0 Å². The van der Waals surface area contributed by atoms with Crippen LogP contribution >= 0.6 is 0 Å². The molecule has 0 radical (unpaired) electrons. The molecule has 1 rings (SSSR count). The molecule has 0 aliphatic carbocycles. The van der Waals surface area contributed by atoms with E-state index in [1.807, 2.05) is 0 Å². The van der Waals surface area contributed by atoms with Crippen LogP contribution in [-0.4, -0.2) is 188 Å². The largest absolute Gasteiger partial charge is 0.377 e. The highest BCUT2D eigenvalue weighted by Crippen LogP contribution is 2.10. The molecule has 46 heavy (non-hydrogen) atoms. The van der Waals surface area contributed by atoms with E-state index in [-0.39, 0.29) is 18.4 Å². The van der Waals surface area contributed by atoms with Crippen molar-refractivity contribution in [2.75, 3.05) is 165 Å². The van der Waals surface area contributed by atoms with Gasteiger partial charge in [0, 0.05) is 12.8 Å². The summed E-state index contributed by atoms with van der Waals surface area (Å²) >= 11 is 0. The Bertz CT molecular complexity index is 687. The van der Waals surface area contributed by atoms with E-state index in [0.29, 0.717) is 178 Å². The summed E-state index contributed by atoms with van der Waals surface area (Å²) in [5, 5.41) is 0. The predicted molar refractivity (Wildman–Crippen MR) is 162 cm³/mol. The predicted octanol–water partition coefficient (Wildman–Crippen LogP) is -0.466. The lowest BCUT2D eigenvalue weighted by Gasteiger charge is -2.13. The summed E-state index contributed by atoms with van der Waals surface area (Å²) in [6, 6.07) is 0. The molecule has 0 bridgehead atoms. The molecular weight excluding hydrogens is 614 g/mol. The zero-order chi connectivity index (χ0) is 33.0. The maximum atomic E-state index is 11.5. The fraction of sp³-hybridized carbons (Fsp3) is 0.900. The third kappa shape index (κ3) is 28.5. The fourth-order valence-corrected chi connectivity index (χ4v) is 3.58. The van der Waals surface area contributed by atoms with Gasteiger partial charge in [0.05, 0.1) is 159 Å². The van der Waals surface area contributed by atoms with Crippen molar-refractivity contribution < 1.29 is 71.2 Å². The van der Waals surface area contributed by atoms with Crippen LogP contribution in [-0.2, 0) is 71.2 Å². The van der Waals surface area contributed by atoms with Gasteiger partial charge in [0.1, 0.15) is 12.9 Å². The van der Waals surface area contributed by atoms with Crippen molar-refractivity contribution in [3.63, 3.8) is 0 Å². The lowest BCUT2D eigenvalue weighted by atomic mass is 10.4. The number of aldehydes is 1. The van der Waals surface area contributed by atoms with Crippen molar-refractivity contribution in [3.8, 4) is 0 Å². The second-order valence-electron chi connectivity index (χ2n) is 9.42. The van der Waals surface area contributed by atoms with Gasteiger partial charge in [-0.3, -0.25) is 14.5 Å².